The van der Waals surface area contributed by atoms with E-state index in [2.05, 4.69) is 15.8 Å². The number of halogens is 2. The number of nitro benzene ring substituents is 1. The Balaban J connectivity index is 1.86. The monoisotopic (exact) mass is 394 g/mol. The number of anilines is 1. The summed E-state index contributed by atoms with van der Waals surface area (Å²) in [5.74, 6) is -1.21. The smallest absolute Gasteiger partial charge is 0.270 e. The molecule has 2 N–H and O–H groups in total. The molecule has 0 fully saturated rings. The second kappa shape index (κ2) is 8.93. The van der Waals surface area contributed by atoms with Gasteiger partial charge in [0, 0.05) is 23.4 Å². The van der Waals surface area contributed by atoms with Gasteiger partial charge in [-0.3, -0.25) is 19.7 Å². The number of hydrazone groups is 1. The SMILES string of the molecule is O=C(CC(=O)Nc1ccc(Cl)c(Cl)c1)NN=Cc1cccc([N+](=O)[O-])c1. The number of rotatable bonds is 6. The van der Waals surface area contributed by atoms with Gasteiger partial charge in [-0.25, -0.2) is 5.43 Å². The van der Waals surface area contributed by atoms with Crippen molar-refractivity contribution in [3.63, 3.8) is 0 Å². The van der Waals surface area contributed by atoms with Crippen molar-refractivity contribution in [2.45, 2.75) is 6.42 Å². The zero-order chi connectivity index (χ0) is 19.1. The molecule has 8 nitrogen and oxygen atoms in total. The molecular weight excluding hydrogens is 383 g/mol. The summed E-state index contributed by atoms with van der Waals surface area (Å²) in [5, 5.41) is 17.5. The lowest BCUT2D eigenvalue weighted by molar-refractivity contribution is -0.384. The normalized spacial score (nSPS) is 10.5. The minimum Gasteiger partial charge on any atom is -0.326 e. The second-order valence-electron chi connectivity index (χ2n) is 5.00. The molecule has 0 bridgehead atoms. The summed E-state index contributed by atoms with van der Waals surface area (Å²) >= 11 is 11.6. The number of amides is 2. The summed E-state index contributed by atoms with van der Waals surface area (Å²) in [6, 6.07) is 10.2. The van der Waals surface area contributed by atoms with Crippen LogP contribution in [0.3, 0.4) is 0 Å². The van der Waals surface area contributed by atoms with Crippen LogP contribution in [0, 0.1) is 10.1 Å². The molecule has 0 aliphatic heterocycles. The number of hydrogen-bond acceptors (Lipinski definition) is 5. The summed E-state index contributed by atoms with van der Waals surface area (Å²) < 4.78 is 0. The molecule has 0 spiro atoms. The van der Waals surface area contributed by atoms with Gasteiger partial charge in [0.05, 0.1) is 21.2 Å². The van der Waals surface area contributed by atoms with Crippen molar-refractivity contribution >= 4 is 52.6 Å². The molecule has 26 heavy (non-hydrogen) atoms. The Bertz CT molecular complexity index is 886. The van der Waals surface area contributed by atoms with Gasteiger partial charge in [-0.1, -0.05) is 35.3 Å². The molecule has 2 amide bonds. The molecule has 2 aromatic carbocycles. The van der Waals surface area contributed by atoms with Crippen molar-refractivity contribution in [2.75, 3.05) is 5.32 Å². The first-order valence-electron chi connectivity index (χ1n) is 7.16. The van der Waals surface area contributed by atoms with E-state index in [0.717, 1.165) is 0 Å². The van der Waals surface area contributed by atoms with Crippen LogP contribution in [0.5, 0.6) is 0 Å². The summed E-state index contributed by atoms with van der Waals surface area (Å²) in [6.07, 6.45) is 0.772. The number of nitro groups is 1. The van der Waals surface area contributed by atoms with Crippen molar-refractivity contribution < 1.29 is 14.5 Å². The maximum Gasteiger partial charge on any atom is 0.270 e. The van der Waals surface area contributed by atoms with E-state index in [1.165, 1.54) is 36.5 Å². The van der Waals surface area contributed by atoms with Crippen LogP contribution in [0.1, 0.15) is 12.0 Å². The highest BCUT2D eigenvalue weighted by Gasteiger charge is 2.10. The largest absolute Gasteiger partial charge is 0.326 e. The van der Waals surface area contributed by atoms with Crippen LogP contribution in [0.25, 0.3) is 0 Å². The number of nitrogens with one attached hydrogen (secondary N) is 2. The molecule has 0 unspecified atom stereocenters. The molecule has 0 atom stereocenters. The van der Waals surface area contributed by atoms with Gasteiger partial charge in [-0.05, 0) is 18.2 Å². The molecular formula is C16H12Cl2N4O4. The van der Waals surface area contributed by atoms with E-state index in [0.29, 0.717) is 16.3 Å². The first-order chi connectivity index (χ1) is 12.3. The zero-order valence-electron chi connectivity index (χ0n) is 13.1. The standard InChI is InChI=1S/C16H12Cl2N4O4/c17-13-5-4-11(7-14(13)18)20-15(23)8-16(24)21-19-9-10-2-1-3-12(6-10)22(25)26/h1-7,9H,8H2,(H,20,23)(H,21,24). The minimum absolute atomic E-state index is 0.0960. The molecule has 0 saturated heterocycles. The Morgan fingerprint density at radius 1 is 1.12 bits per heavy atom. The van der Waals surface area contributed by atoms with Gasteiger partial charge in [0.1, 0.15) is 6.42 Å². The van der Waals surface area contributed by atoms with E-state index < -0.39 is 23.2 Å². The van der Waals surface area contributed by atoms with Crippen LogP contribution in [-0.2, 0) is 9.59 Å². The van der Waals surface area contributed by atoms with Crippen LogP contribution in [0.2, 0.25) is 10.0 Å². The van der Waals surface area contributed by atoms with Crippen molar-refractivity contribution in [2.24, 2.45) is 5.10 Å². The fourth-order valence-electron chi connectivity index (χ4n) is 1.86. The Hall–Kier alpha value is -2.97. The predicted octanol–water partition coefficient (Wildman–Crippen LogP) is 3.38. The van der Waals surface area contributed by atoms with Crippen LogP contribution < -0.4 is 10.7 Å². The van der Waals surface area contributed by atoms with E-state index in [1.54, 1.807) is 12.1 Å². The highest BCUT2D eigenvalue weighted by molar-refractivity contribution is 6.42. The quantitative estimate of drug-likeness (QED) is 0.338. The van der Waals surface area contributed by atoms with Gasteiger partial charge in [0.15, 0.2) is 0 Å². The number of nitrogens with zero attached hydrogens (tertiary/aromatic N) is 2. The van der Waals surface area contributed by atoms with E-state index in [-0.39, 0.29) is 10.7 Å². The average molecular weight is 395 g/mol. The van der Waals surface area contributed by atoms with Crippen LogP contribution >= 0.6 is 23.2 Å². The van der Waals surface area contributed by atoms with Gasteiger partial charge >= 0.3 is 0 Å². The summed E-state index contributed by atoms with van der Waals surface area (Å²) in [7, 11) is 0. The predicted molar refractivity (Wildman–Crippen MR) is 98.5 cm³/mol. The Morgan fingerprint density at radius 2 is 1.88 bits per heavy atom. The number of benzene rings is 2. The molecule has 0 aliphatic carbocycles. The molecule has 0 saturated carbocycles. The minimum atomic E-state index is -0.649. The van der Waals surface area contributed by atoms with Gasteiger partial charge in [0.25, 0.3) is 5.69 Å². The third kappa shape index (κ3) is 5.83. The molecule has 0 heterocycles. The first kappa shape index (κ1) is 19.4. The first-order valence-corrected chi connectivity index (χ1v) is 7.92. The van der Waals surface area contributed by atoms with Gasteiger partial charge in [-0.2, -0.15) is 5.10 Å². The topological polar surface area (TPSA) is 114 Å². The van der Waals surface area contributed by atoms with Crippen molar-refractivity contribution in [1.29, 1.82) is 0 Å². The Kier molecular flexibility index (Phi) is 6.65. The second-order valence-corrected chi connectivity index (χ2v) is 5.81. The highest BCUT2D eigenvalue weighted by atomic mass is 35.5. The van der Waals surface area contributed by atoms with Crippen molar-refractivity contribution in [3.8, 4) is 0 Å². The molecule has 2 rings (SSSR count). The fourth-order valence-corrected chi connectivity index (χ4v) is 2.16. The molecule has 0 aromatic heterocycles. The number of non-ortho nitro benzene ring substituents is 1. The van der Waals surface area contributed by atoms with Crippen LogP contribution in [-0.4, -0.2) is 23.0 Å². The van der Waals surface area contributed by atoms with Crippen LogP contribution in [0.15, 0.2) is 47.6 Å². The number of carbonyl (C=O) groups excluding carboxylic acids is 2. The third-order valence-electron chi connectivity index (χ3n) is 3.01. The van der Waals surface area contributed by atoms with Crippen molar-refractivity contribution in [3.05, 3.63) is 68.2 Å². The number of carbonyl (C=O) groups is 2. The molecule has 0 radical (unpaired) electrons. The van der Waals surface area contributed by atoms with E-state index in [1.807, 2.05) is 0 Å². The molecule has 10 heteroatoms. The summed E-state index contributed by atoms with van der Waals surface area (Å²) in [4.78, 5) is 33.6. The number of hydrogen-bond donors (Lipinski definition) is 2. The average Bonchev–Trinajstić information content (AvgIpc) is 2.58. The Labute approximate surface area is 157 Å². The maximum atomic E-state index is 11.8. The van der Waals surface area contributed by atoms with Crippen molar-refractivity contribution in [1.82, 2.24) is 5.43 Å². The fraction of sp³-hybridized carbons (Fsp3) is 0.0625. The van der Waals surface area contributed by atoms with Gasteiger partial charge < -0.3 is 5.32 Å². The Morgan fingerprint density at radius 3 is 2.58 bits per heavy atom. The maximum absolute atomic E-state index is 11.8. The lowest BCUT2D eigenvalue weighted by Crippen LogP contribution is -2.24. The lowest BCUT2D eigenvalue weighted by Gasteiger charge is -2.05. The molecule has 134 valence electrons. The molecule has 2 aromatic rings. The lowest BCUT2D eigenvalue weighted by atomic mass is 10.2. The van der Waals surface area contributed by atoms with E-state index in [4.69, 9.17) is 23.2 Å². The zero-order valence-corrected chi connectivity index (χ0v) is 14.6. The summed E-state index contributed by atoms with van der Waals surface area (Å²) in [5.41, 5.74) is 2.90. The van der Waals surface area contributed by atoms with E-state index in [9.17, 15) is 19.7 Å². The van der Waals surface area contributed by atoms with Crippen LogP contribution in [0.4, 0.5) is 11.4 Å². The van der Waals surface area contributed by atoms with Gasteiger partial charge in [0.2, 0.25) is 11.8 Å². The van der Waals surface area contributed by atoms with E-state index >= 15 is 0 Å². The summed E-state index contributed by atoms with van der Waals surface area (Å²) in [6.45, 7) is 0. The third-order valence-corrected chi connectivity index (χ3v) is 3.75. The highest BCUT2D eigenvalue weighted by Crippen LogP contribution is 2.25. The van der Waals surface area contributed by atoms with Gasteiger partial charge in [-0.15, -0.1) is 0 Å². The molecule has 0 aliphatic rings.